The van der Waals surface area contributed by atoms with Gasteiger partial charge in [0.2, 0.25) is 0 Å². The Morgan fingerprint density at radius 1 is 1.40 bits per heavy atom. The number of halogens is 1. The number of benzene rings is 1. The Balaban J connectivity index is 2.48. The van der Waals surface area contributed by atoms with Crippen LogP contribution in [-0.2, 0) is 0 Å². The minimum absolute atomic E-state index is 0.527. The van der Waals surface area contributed by atoms with E-state index in [0.29, 0.717) is 13.0 Å². The van der Waals surface area contributed by atoms with Crippen molar-refractivity contribution in [1.29, 1.82) is 0 Å². The van der Waals surface area contributed by atoms with Gasteiger partial charge in [-0.1, -0.05) is 22.0 Å². The first kappa shape index (κ1) is 12.5. The van der Waals surface area contributed by atoms with Gasteiger partial charge in [0.1, 0.15) is 5.75 Å². The molecule has 0 aliphatic rings. The number of aliphatic hydroxyl groups is 1. The maximum absolute atomic E-state index is 9.51. The molecule has 1 aromatic carbocycles. The van der Waals surface area contributed by atoms with Crippen molar-refractivity contribution in [3.63, 3.8) is 0 Å². The molecule has 3 heteroatoms. The van der Waals surface area contributed by atoms with Crippen LogP contribution in [0.4, 0.5) is 0 Å². The molecular weight excluding hydrogens is 256 g/mol. The third-order valence-corrected chi connectivity index (χ3v) is 2.98. The first-order chi connectivity index (χ1) is 6.88. The van der Waals surface area contributed by atoms with Gasteiger partial charge in [0.05, 0.1) is 12.2 Å². The van der Waals surface area contributed by atoms with Crippen molar-refractivity contribution in [2.75, 3.05) is 6.61 Å². The van der Waals surface area contributed by atoms with E-state index < -0.39 is 5.60 Å². The Bertz CT molecular complexity index is 329. The summed E-state index contributed by atoms with van der Waals surface area (Å²) in [4.78, 5) is 0. The summed E-state index contributed by atoms with van der Waals surface area (Å²) in [7, 11) is 0. The zero-order valence-corrected chi connectivity index (χ0v) is 11.0. The summed E-state index contributed by atoms with van der Waals surface area (Å²) in [6.45, 7) is 6.12. The van der Waals surface area contributed by atoms with Crippen molar-refractivity contribution in [2.45, 2.75) is 32.8 Å². The summed E-state index contributed by atoms with van der Waals surface area (Å²) in [5.41, 5.74) is 0.520. The van der Waals surface area contributed by atoms with Gasteiger partial charge < -0.3 is 9.84 Å². The number of aryl methyl sites for hydroxylation is 1. The lowest BCUT2D eigenvalue weighted by atomic mass is 10.1. The molecule has 0 unspecified atom stereocenters. The molecule has 0 fully saturated rings. The molecule has 0 aliphatic carbocycles. The molecule has 1 aromatic rings. The topological polar surface area (TPSA) is 29.5 Å². The fraction of sp³-hybridized carbons (Fsp3) is 0.500. The molecule has 0 bridgehead atoms. The van der Waals surface area contributed by atoms with Crippen LogP contribution in [0.1, 0.15) is 25.8 Å². The summed E-state index contributed by atoms with van der Waals surface area (Å²) in [6.07, 6.45) is 0.624. The minimum atomic E-state index is -0.665. The molecule has 0 radical (unpaired) electrons. The van der Waals surface area contributed by atoms with Crippen LogP contribution in [0.5, 0.6) is 5.75 Å². The minimum Gasteiger partial charge on any atom is -0.493 e. The molecule has 0 aliphatic heterocycles. The third-order valence-electron chi connectivity index (χ3n) is 2.13. The summed E-state index contributed by atoms with van der Waals surface area (Å²) in [5.74, 6) is 0.830. The van der Waals surface area contributed by atoms with E-state index in [1.54, 1.807) is 13.8 Å². The van der Waals surface area contributed by atoms with Crippen LogP contribution in [0.3, 0.4) is 0 Å². The Hall–Kier alpha value is -0.540. The van der Waals surface area contributed by atoms with E-state index in [-0.39, 0.29) is 0 Å². The third kappa shape index (κ3) is 4.67. The monoisotopic (exact) mass is 272 g/mol. The van der Waals surface area contributed by atoms with Gasteiger partial charge in [-0.25, -0.2) is 0 Å². The van der Waals surface area contributed by atoms with Crippen molar-refractivity contribution < 1.29 is 9.84 Å². The van der Waals surface area contributed by atoms with E-state index in [0.717, 1.165) is 10.2 Å². The smallest absolute Gasteiger partial charge is 0.120 e. The van der Waals surface area contributed by atoms with Crippen LogP contribution in [-0.4, -0.2) is 17.3 Å². The highest BCUT2D eigenvalue weighted by atomic mass is 79.9. The standard InChI is InChI=1S/C12H17BrO2/c1-9-4-5-10(8-11(9)13)15-7-6-12(2,3)14/h4-5,8,14H,6-7H2,1-3H3. The predicted molar refractivity (Wildman–Crippen MR) is 65.3 cm³/mol. The fourth-order valence-corrected chi connectivity index (χ4v) is 1.44. The highest BCUT2D eigenvalue weighted by Crippen LogP contribution is 2.22. The van der Waals surface area contributed by atoms with E-state index >= 15 is 0 Å². The second kappa shape index (κ2) is 4.99. The summed E-state index contributed by atoms with van der Waals surface area (Å²) in [5, 5.41) is 9.51. The molecule has 15 heavy (non-hydrogen) atoms. The fourth-order valence-electron chi connectivity index (χ4n) is 1.08. The average Bonchev–Trinajstić information content (AvgIpc) is 2.09. The quantitative estimate of drug-likeness (QED) is 0.912. The number of ether oxygens (including phenoxy) is 1. The number of hydrogen-bond donors (Lipinski definition) is 1. The zero-order valence-electron chi connectivity index (χ0n) is 9.38. The van der Waals surface area contributed by atoms with Crippen molar-refractivity contribution >= 4 is 15.9 Å². The van der Waals surface area contributed by atoms with E-state index in [4.69, 9.17) is 4.74 Å². The maximum atomic E-state index is 9.51. The second-order valence-electron chi connectivity index (χ2n) is 4.32. The van der Waals surface area contributed by atoms with Gasteiger partial charge in [0.15, 0.2) is 0 Å². The molecule has 84 valence electrons. The Morgan fingerprint density at radius 3 is 2.60 bits per heavy atom. The molecule has 0 saturated heterocycles. The molecule has 1 rings (SSSR count). The SMILES string of the molecule is Cc1ccc(OCCC(C)(C)O)cc1Br. The summed E-state index contributed by atoms with van der Waals surface area (Å²) in [6, 6.07) is 5.88. The largest absolute Gasteiger partial charge is 0.493 e. The second-order valence-corrected chi connectivity index (χ2v) is 5.18. The molecule has 0 aromatic heterocycles. The van der Waals surface area contributed by atoms with E-state index in [1.807, 2.05) is 25.1 Å². The van der Waals surface area contributed by atoms with Crippen molar-refractivity contribution in [1.82, 2.24) is 0 Å². The van der Waals surface area contributed by atoms with Crippen LogP contribution < -0.4 is 4.74 Å². The van der Waals surface area contributed by atoms with Crippen LogP contribution in [0.2, 0.25) is 0 Å². The predicted octanol–water partition coefficient (Wildman–Crippen LogP) is 3.30. The molecule has 2 nitrogen and oxygen atoms in total. The Labute approximate surface area is 99.4 Å². The highest BCUT2D eigenvalue weighted by molar-refractivity contribution is 9.10. The van der Waals surface area contributed by atoms with Crippen molar-refractivity contribution in [2.24, 2.45) is 0 Å². The molecule has 0 amide bonds. The van der Waals surface area contributed by atoms with Crippen molar-refractivity contribution in [3.8, 4) is 5.75 Å². The molecular formula is C12H17BrO2. The van der Waals surface area contributed by atoms with Gasteiger partial charge in [-0.2, -0.15) is 0 Å². The molecule has 0 atom stereocenters. The van der Waals surface area contributed by atoms with Crippen LogP contribution in [0.15, 0.2) is 22.7 Å². The lowest BCUT2D eigenvalue weighted by Crippen LogP contribution is -2.21. The van der Waals surface area contributed by atoms with Gasteiger partial charge in [0.25, 0.3) is 0 Å². The lowest BCUT2D eigenvalue weighted by Gasteiger charge is -2.17. The van der Waals surface area contributed by atoms with E-state index in [2.05, 4.69) is 15.9 Å². The van der Waals surface area contributed by atoms with Gasteiger partial charge in [-0.3, -0.25) is 0 Å². The average molecular weight is 273 g/mol. The van der Waals surface area contributed by atoms with Gasteiger partial charge in [0, 0.05) is 10.9 Å². The van der Waals surface area contributed by atoms with Crippen LogP contribution in [0, 0.1) is 6.92 Å². The van der Waals surface area contributed by atoms with Crippen LogP contribution in [0.25, 0.3) is 0 Å². The molecule has 0 saturated carbocycles. The lowest BCUT2D eigenvalue weighted by molar-refractivity contribution is 0.0553. The Morgan fingerprint density at radius 2 is 2.07 bits per heavy atom. The number of rotatable bonds is 4. The van der Waals surface area contributed by atoms with Gasteiger partial charge in [-0.05, 0) is 38.5 Å². The van der Waals surface area contributed by atoms with Crippen LogP contribution >= 0.6 is 15.9 Å². The highest BCUT2D eigenvalue weighted by Gasteiger charge is 2.12. The van der Waals surface area contributed by atoms with Gasteiger partial charge >= 0.3 is 0 Å². The van der Waals surface area contributed by atoms with Gasteiger partial charge in [-0.15, -0.1) is 0 Å². The zero-order chi connectivity index (χ0) is 11.5. The Kier molecular flexibility index (Phi) is 4.17. The maximum Gasteiger partial charge on any atom is 0.120 e. The van der Waals surface area contributed by atoms with E-state index in [9.17, 15) is 5.11 Å². The summed E-state index contributed by atoms with van der Waals surface area (Å²) >= 11 is 3.45. The summed E-state index contributed by atoms with van der Waals surface area (Å²) < 4.78 is 6.57. The van der Waals surface area contributed by atoms with E-state index in [1.165, 1.54) is 5.56 Å². The number of hydrogen-bond acceptors (Lipinski definition) is 2. The molecule has 0 heterocycles. The first-order valence-corrected chi connectivity index (χ1v) is 5.79. The normalized spacial score (nSPS) is 11.5. The molecule has 0 spiro atoms. The molecule has 1 N–H and O–H groups in total. The first-order valence-electron chi connectivity index (χ1n) is 5.00. The van der Waals surface area contributed by atoms with Crippen molar-refractivity contribution in [3.05, 3.63) is 28.2 Å².